The second kappa shape index (κ2) is 5.26. The van der Waals surface area contributed by atoms with Gasteiger partial charge in [0.2, 0.25) is 0 Å². The van der Waals surface area contributed by atoms with Crippen LogP contribution in [-0.4, -0.2) is 8.42 Å². The van der Waals surface area contributed by atoms with Crippen LogP contribution in [0.4, 0.5) is 20.2 Å². The van der Waals surface area contributed by atoms with E-state index in [0.717, 1.165) is 12.1 Å². The molecule has 0 radical (unpaired) electrons. The van der Waals surface area contributed by atoms with E-state index in [9.17, 15) is 17.2 Å². The summed E-state index contributed by atoms with van der Waals surface area (Å²) in [7, 11) is -4.07. The van der Waals surface area contributed by atoms with Crippen LogP contribution in [0.15, 0.2) is 41.3 Å². The van der Waals surface area contributed by atoms with Gasteiger partial charge in [-0.3, -0.25) is 4.72 Å². The van der Waals surface area contributed by atoms with Crippen LogP contribution in [0.1, 0.15) is 0 Å². The fourth-order valence-electron chi connectivity index (χ4n) is 1.47. The number of nitrogens with two attached hydrogens (primary N) is 1. The molecule has 0 unspecified atom stereocenters. The predicted octanol–water partition coefficient (Wildman–Crippen LogP) is 3.00. The Bertz CT molecular complexity index is 766. The fraction of sp³-hybridized carbons (Fsp3) is 0. The third kappa shape index (κ3) is 3.00. The largest absolute Gasteiger partial charge is 0.397 e. The van der Waals surface area contributed by atoms with Crippen LogP contribution in [0.25, 0.3) is 0 Å². The SMILES string of the molecule is Nc1cc(Cl)ccc1NS(=O)(=O)c1ccc(F)c(F)c1. The van der Waals surface area contributed by atoms with Gasteiger partial charge in [-0.25, -0.2) is 17.2 Å². The molecule has 20 heavy (non-hydrogen) atoms. The Morgan fingerprint density at radius 3 is 2.35 bits per heavy atom. The zero-order valence-electron chi connectivity index (χ0n) is 9.90. The number of hydrogen-bond donors (Lipinski definition) is 2. The number of nitrogens with one attached hydrogen (secondary N) is 1. The maximum absolute atomic E-state index is 13.1. The molecule has 8 heteroatoms. The fourth-order valence-corrected chi connectivity index (χ4v) is 2.75. The van der Waals surface area contributed by atoms with Gasteiger partial charge in [0.15, 0.2) is 11.6 Å². The lowest BCUT2D eigenvalue weighted by Crippen LogP contribution is -2.14. The molecule has 0 fully saturated rings. The quantitative estimate of drug-likeness (QED) is 0.854. The monoisotopic (exact) mass is 318 g/mol. The number of nitrogen functional groups attached to an aromatic ring is 1. The highest BCUT2D eigenvalue weighted by atomic mass is 35.5. The maximum Gasteiger partial charge on any atom is 0.262 e. The second-order valence-corrected chi connectivity index (χ2v) is 6.03. The number of hydrogen-bond acceptors (Lipinski definition) is 3. The van der Waals surface area contributed by atoms with Gasteiger partial charge in [-0.2, -0.15) is 0 Å². The van der Waals surface area contributed by atoms with Gasteiger partial charge in [0.05, 0.1) is 16.3 Å². The van der Waals surface area contributed by atoms with Crippen molar-refractivity contribution in [3.8, 4) is 0 Å². The van der Waals surface area contributed by atoms with Crippen molar-refractivity contribution in [1.29, 1.82) is 0 Å². The van der Waals surface area contributed by atoms with E-state index < -0.39 is 26.6 Å². The molecule has 0 saturated carbocycles. The van der Waals surface area contributed by atoms with Crippen LogP contribution >= 0.6 is 11.6 Å². The van der Waals surface area contributed by atoms with Crippen LogP contribution in [0, 0.1) is 11.6 Å². The Balaban J connectivity index is 2.38. The number of anilines is 2. The average molecular weight is 319 g/mol. The first-order chi connectivity index (χ1) is 9.29. The Labute approximate surface area is 119 Å². The molecule has 0 aliphatic carbocycles. The Hall–Kier alpha value is -1.86. The zero-order chi connectivity index (χ0) is 14.9. The minimum absolute atomic E-state index is 0.0964. The Morgan fingerprint density at radius 1 is 1.05 bits per heavy atom. The molecule has 0 heterocycles. The van der Waals surface area contributed by atoms with E-state index in [1.807, 2.05) is 0 Å². The van der Waals surface area contributed by atoms with E-state index in [4.69, 9.17) is 17.3 Å². The van der Waals surface area contributed by atoms with E-state index in [-0.39, 0.29) is 11.4 Å². The molecule has 2 aromatic carbocycles. The van der Waals surface area contributed by atoms with Crippen LogP contribution in [0.3, 0.4) is 0 Å². The molecule has 3 N–H and O–H groups in total. The highest BCUT2D eigenvalue weighted by Crippen LogP contribution is 2.25. The summed E-state index contributed by atoms with van der Waals surface area (Å²) in [5.41, 5.74) is 5.83. The van der Waals surface area contributed by atoms with Gasteiger partial charge < -0.3 is 5.73 Å². The smallest absolute Gasteiger partial charge is 0.262 e. The molecule has 4 nitrogen and oxygen atoms in total. The summed E-state index contributed by atoms with van der Waals surface area (Å²) in [4.78, 5) is -0.411. The van der Waals surface area contributed by atoms with Crippen LogP contribution < -0.4 is 10.5 Å². The van der Waals surface area contributed by atoms with E-state index in [1.54, 1.807) is 0 Å². The van der Waals surface area contributed by atoms with Crippen LogP contribution in [0.5, 0.6) is 0 Å². The zero-order valence-corrected chi connectivity index (χ0v) is 11.5. The molecule has 0 amide bonds. The van der Waals surface area contributed by atoms with Gasteiger partial charge in [-0.1, -0.05) is 11.6 Å². The van der Waals surface area contributed by atoms with Gasteiger partial charge in [0.25, 0.3) is 10.0 Å². The molecule has 0 saturated heterocycles. The third-order valence-electron chi connectivity index (χ3n) is 2.46. The third-order valence-corrected chi connectivity index (χ3v) is 4.06. The first-order valence-electron chi connectivity index (χ1n) is 5.32. The van der Waals surface area contributed by atoms with Gasteiger partial charge in [0.1, 0.15) is 0 Å². The van der Waals surface area contributed by atoms with Crippen molar-refractivity contribution in [3.63, 3.8) is 0 Å². The first kappa shape index (κ1) is 14.5. The summed E-state index contributed by atoms with van der Waals surface area (Å²) in [6, 6.07) is 6.45. The standard InChI is InChI=1S/C12H9ClF2N2O2S/c13-7-1-4-12(11(16)5-7)17-20(18,19)8-2-3-9(14)10(15)6-8/h1-6,17H,16H2. The summed E-state index contributed by atoms with van der Waals surface area (Å²) < 4.78 is 52.1. The molecule has 106 valence electrons. The molecule has 2 rings (SSSR count). The number of benzene rings is 2. The molecule has 0 aliphatic heterocycles. The summed E-state index contributed by atoms with van der Waals surface area (Å²) >= 11 is 5.69. The van der Waals surface area contributed by atoms with Crippen molar-refractivity contribution >= 4 is 33.0 Å². The molecular weight excluding hydrogens is 310 g/mol. The lowest BCUT2D eigenvalue weighted by molar-refractivity contribution is 0.504. The predicted molar refractivity (Wildman–Crippen MR) is 73.0 cm³/mol. The molecule has 0 aromatic heterocycles. The van der Waals surface area contributed by atoms with E-state index >= 15 is 0 Å². The number of sulfonamides is 1. The van der Waals surface area contributed by atoms with Crippen molar-refractivity contribution in [2.45, 2.75) is 4.90 Å². The highest BCUT2D eigenvalue weighted by molar-refractivity contribution is 7.92. The number of halogens is 3. The number of rotatable bonds is 3. The van der Waals surface area contributed by atoms with Crippen LogP contribution in [-0.2, 0) is 10.0 Å². The van der Waals surface area contributed by atoms with Crippen molar-refractivity contribution in [3.05, 3.63) is 53.1 Å². The highest BCUT2D eigenvalue weighted by Gasteiger charge is 2.17. The van der Waals surface area contributed by atoms with Gasteiger partial charge in [-0.15, -0.1) is 0 Å². The lowest BCUT2D eigenvalue weighted by Gasteiger charge is -2.10. The van der Waals surface area contributed by atoms with E-state index in [2.05, 4.69) is 4.72 Å². The summed E-state index contributed by atoms with van der Waals surface area (Å²) in [6.07, 6.45) is 0. The van der Waals surface area contributed by atoms with Crippen molar-refractivity contribution in [1.82, 2.24) is 0 Å². The first-order valence-corrected chi connectivity index (χ1v) is 7.18. The van der Waals surface area contributed by atoms with Crippen molar-refractivity contribution < 1.29 is 17.2 Å². The van der Waals surface area contributed by atoms with E-state index in [1.165, 1.54) is 18.2 Å². The minimum atomic E-state index is -4.07. The molecule has 0 spiro atoms. The van der Waals surface area contributed by atoms with Crippen molar-refractivity contribution in [2.75, 3.05) is 10.5 Å². The summed E-state index contributed by atoms with van der Waals surface area (Å²) in [5.74, 6) is -2.38. The summed E-state index contributed by atoms with van der Waals surface area (Å²) in [6.45, 7) is 0. The molecule has 0 bridgehead atoms. The molecular formula is C12H9ClF2N2O2S. The topological polar surface area (TPSA) is 72.2 Å². The Morgan fingerprint density at radius 2 is 1.75 bits per heavy atom. The summed E-state index contributed by atoms with van der Waals surface area (Å²) in [5, 5.41) is 0.346. The average Bonchev–Trinajstić information content (AvgIpc) is 2.36. The second-order valence-electron chi connectivity index (χ2n) is 3.91. The van der Waals surface area contributed by atoms with E-state index in [0.29, 0.717) is 11.1 Å². The van der Waals surface area contributed by atoms with Gasteiger partial charge in [0, 0.05) is 5.02 Å². The van der Waals surface area contributed by atoms with Gasteiger partial charge >= 0.3 is 0 Å². The Kier molecular flexibility index (Phi) is 3.82. The van der Waals surface area contributed by atoms with Gasteiger partial charge in [-0.05, 0) is 36.4 Å². The molecule has 0 aliphatic rings. The maximum atomic E-state index is 13.1. The van der Waals surface area contributed by atoms with Crippen molar-refractivity contribution in [2.24, 2.45) is 0 Å². The molecule has 2 aromatic rings. The molecule has 0 atom stereocenters. The minimum Gasteiger partial charge on any atom is -0.397 e. The normalized spacial score (nSPS) is 11.3. The van der Waals surface area contributed by atoms with Crippen LogP contribution in [0.2, 0.25) is 5.02 Å². The lowest BCUT2D eigenvalue weighted by atomic mass is 10.3.